The minimum atomic E-state index is -0.546. The Labute approximate surface area is 99.5 Å². The first kappa shape index (κ1) is 13.2. The standard InChI is InChI=1S/C11H16N2O4/c1-7(10(14)16-4)8(2)17-11(15)9-5-12-13(3)6-9/h5-8H,1-4H3. The van der Waals surface area contributed by atoms with Gasteiger partial charge < -0.3 is 9.47 Å². The molecule has 94 valence electrons. The van der Waals surface area contributed by atoms with E-state index in [2.05, 4.69) is 9.84 Å². The zero-order valence-corrected chi connectivity index (χ0v) is 10.3. The number of carbonyl (C=O) groups excluding carboxylic acids is 2. The number of rotatable bonds is 4. The number of ether oxygens (including phenoxy) is 2. The maximum atomic E-state index is 11.7. The van der Waals surface area contributed by atoms with Crippen LogP contribution in [0.2, 0.25) is 0 Å². The number of esters is 2. The first-order valence-electron chi connectivity index (χ1n) is 5.23. The molecule has 0 N–H and O–H groups in total. The van der Waals surface area contributed by atoms with Gasteiger partial charge in [0.15, 0.2) is 0 Å². The largest absolute Gasteiger partial charge is 0.469 e. The molecule has 0 spiro atoms. The molecule has 0 amide bonds. The normalized spacial score (nSPS) is 13.9. The minimum Gasteiger partial charge on any atom is -0.469 e. The van der Waals surface area contributed by atoms with Crippen molar-refractivity contribution in [3.05, 3.63) is 18.0 Å². The summed E-state index contributed by atoms with van der Waals surface area (Å²) in [5.41, 5.74) is 0.358. The summed E-state index contributed by atoms with van der Waals surface area (Å²) in [6.45, 7) is 3.29. The number of hydrogen-bond acceptors (Lipinski definition) is 5. The molecule has 0 aliphatic rings. The van der Waals surface area contributed by atoms with Gasteiger partial charge >= 0.3 is 11.9 Å². The molecular formula is C11H16N2O4. The Balaban J connectivity index is 2.60. The maximum Gasteiger partial charge on any atom is 0.341 e. The quantitative estimate of drug-likeness (QED) is 0.727. The van der Waals surface area contributed by atoms with Gasteiger partial charge in [-0.05, 0) is 13.8 Å². The monoisotopic (exact) mass is 240 g/mol. The van der Waals surface area contributed by atoms with Gasteiger partial charge in [-0.1, -0.05) is 0 Å². The fourth-order valence-electron chi connectivity index (χ4n) is 1.24. The Morgan fingerprint density at radius 2 is 2.06 bits per heavy atom. The third-order valence-corrected chi connectivity index (χ3v) is 2.51. The van der Waals surface area contributed by atoms with Crippen LogP contribution in [0.15, 0.2) is 12.4 Å². The topological polar surface area (TPSA) is 70.4 Å². The van der Waals surface area contributed by atoms with Crippen molar-refractivity contribution >= 4 is 11.9 Å². The fraction of sp³-hybridized carbons (Fsp3) is 0.545. The van der Waals surface area contributed by atoms with E-state index in [0.29, 0.717) is 5.56 Å². The Morgan fingerprint density at radius 1 is 1.41 bits per heavy atom. The number of aryl methyl sites for hydroxylation is 1. The van der Waals surface area contributed by atoms with Crippen molar-refractivity contribution in [3.63, 3.8) is 0 Å². The molecule has 0 saturated carbocycles. The SMILES string of the molecule is COC(=O)C(C)C(C)OC(=O)c1cnn(C)c1. The van der Waals surface area contributed by atoms with Crippen LogP contribution in [0.25, 0.3) is 0 Å². The number of aromatic nitrogens is 2. The summed E-state index contributed by atoms with van der Waals surface area (Å²) >= 11 is 0. The molecule has 0 bridgehead atoms. The van der Waals surface area contributed by atoms with Crippen LogP contribution >= 0.6 is 0 Å². The summed E-state index contributed by atoms with van der Waals surface area (Å²) in [5.74, 6) is -1.40. The van der Waals surface area contributed by atoms with E-state index in [1.54, 1.807) is 27.1 Å². The van der Waals surface area contributed by atoms with E-state index in [0.717, 1.165) is 0 Å². The third-order valence-electron chi connectivity index (χ3n) is 2.51. The molecule has 0 aromatic carbocycles. The van der Waals surface area contributed by atoms with Crippen molar-refractivity contribution in [1.82, 2.24) is 9.78 Å². The van der Waals surface area contributed by atoms with Crippen LogP contribution in [0.4, 0.5) is 0 Å². The summed E-state index contributed by atoms with van der Waals surface area (Å²) in [5, 5.41) is 3.87. The molecule has 2 unspecified atom stereocenters. The lowest BCUT2D eigenvalue weighted by Gasteiger charge is -2.17. The van der Waals surface area contributed by atoms with Crippen LogP contribution in [-0.4, -0.2) is 34.9 Å². The first-order chi connectivity index (χ1) is 7.95. The van der Waals surface area contributed by atoms with Crippen molar-refractivity contribution < 1.29 is 19.1 Å². The number of hydrogen-bond donors (Lipinski definition) is 0. The second-order valence-corrected chi connectivity index (χ2v) is 3.82. The van der Waals surface area contributed by atoms with Crippen LogP contribution < -0.4 is 0 Å². The van der Waals surface area contributed by atoms with E-state index < -0.39 is 24.0 Å². The molecule has 1 aromatic heterocycles. The van der Waals surface area contributed by atoms with Crippen LogP contribution in [0.5, 0.6) is 0 Å². The van der Waals surface area contributed by atoms with Gasteiger partial charge in [-0.15, -0.1) is 0 Å². The van der Waals surface area contributed by atoms with Crippen LogP contribution in [0.3, 0.4) is 0 Å². The number of methoxy groups -OCH3 is 1. The molecular weight excluding hydrogens is 224 g/mol. The van der Waals surface area contributed by atoms with Crippen molar-refractivity contribution in [1.29, 1.82) is 0 Å². The van der Waals surface area contributed by atoms with Crippen molar-refractivity contribution in [3.8, 4) is 0 Å². The average molecular weight is 240 g/mol. The molecule has 6 heteroatoms. The zero-order chi connectivity index (χ0) is 13.0. The Bertz CT molecular complexity index is 413. The molecule has 1 aromatic rings. The van der Waals surface area contributed by atoms with E-state index in [1.165, 1.54) is 18.0 Å². The highest BCUT2D eigenvalue weighted by Crippen LogP contribution is 2.11. The average Bonchev–Trinajstić information content (AvgIpc) is 2.73. The van der Waals surface area contributed by atoms with Crippen molar-refractivity contribution in [2.24, 2.45) is 13.0 Å². The molecule has 17 heavy (non-hydrogen) atoms. The van der Waals surface area contributed by atoms with E-state index in [4.69, 9.17) is 4.74 Å². The lowest BCUT2D eigenvalue weighted by atomic mass is 10.1. The summed E-state index contributed by atoms with van der Waals surface area (Å²) in [6, 6.07) is 0. The van der Waals surface area contributed by atoms with Gasteiger partial charge in [0.25, 0.3) is 0 Å². The minimum absolute atomic E-state index is 0.358. The number of carbonyl (C=O) groups is 2. The van der Waals surface area contributed by atoms with Gasteiger partial charge in [-0.3, -0.25) is 9.48 Å². The van der Waals surface area contributed by atoms with E-state index in [1.807, 2.05) is 0 Å². The lowest BCUT2D eigenvalue weighted by Crippen LogP contribution is -2.28. The van der Waals surface area contributed by atoms with Gasteiger partial charge in [0.2, 0.25) is 0 Å². The zero-order valence-electron chi connectivity index (χ0n) is 10.3. The summed E-state index contributed by atoms with van der Waals surface area (Å²) in [6.07, 6.45) is 2.42. The van der Waals surface area contributed by atoms with E-state index >= 15 is 0 Å². The molecule has 2 atom stereocenters. The Hall–Kier alpha value is -1.85. The predicted molar refractivity (Wildman–Crippen MR) is 59.3 cm³/mol. The molecule has 0 aliphatic heterocycles. The second-order valence-electron chi connectivity index (χ2n) is 3.82. The highest BCUT2D eigenvalue weighted by molar-refractivity contribution is 5.89. The van der Waals surface area contributed by atoms with Crippen molar-refractivity contribution in [2.45, 2.75) is 20.0 Å². The predicted octanol–water partition coefficient (Wildman–Crippen LogP) is 0.774. The number of nitrogens with zero attached hydrogens (tertiary/aromatic N) is 2. The molecule has 0 aliphatic carbocycles. The highest BCUT2D eigenvalue weighted by atomic mass is 16.6. The second kappa shape index (κ2) is 5.47. The van der Waals surface area contributed by atoms with E-state index in [9.17, 15) is 9.59 Å². The summed E-state index contributed by atoms with van der Waals surface area (Å²) in [4.78, 5) is 22.9. The van der Waals surface area contributed by atoms with Gasteiger partial charge in [0, 0.05) is 13.2 Å². The summed E-state index contributed by atoms with van der Waals surface area (Å²) < 4.78 is 11.2. The van der Waals surface area contributed by atoms with Crippen LogP contribution in [-0.2, 0) is 21.3 Å². The van der Waals surface area contributed by atoms with Crippen LogP contribution in [0, 0.1) is 5.92 Å². The Kier molecular flexibility index (Phi) is 4.25. The van der Waals surface area contributed by atoms with E-state index in [-0.39, 0.29) is 0 Å². The smallest absolute Gasteiger partial charge is 0.341 e. The van der Waals surface area contributed by atoms with Crippen LogP contribution in [0.1, 0.15) is 24.2 Å². The van der Waals surface area contributed by atoms with Gasteiger partial charge in [-0.25, -0.2) is 4.79 Å². The van der Waals surface area contributed by atoms with Gasteiger partial charge in [0.05, 0.1) is 24.8 Å². The molecule has 0 radical (unpaired) electrons. The molecule has 1 heterocycles. The van der Waals surface area contributed by atoms with Gasteiger partial charge in [0.1, 0.15) is 6.10 Å². The summed E-state index contributed by atoms with van der Waals surface area (Å²) in [7, 11) is 3.01. The van der Waals surface area contributed by atoms with Crippen molar-refractivity contribution in [2.75, 3.05) is 7.11 Å². The molecule has 6 nitrogen and oxygen atoms in total. The molecule has 1 rings (SSSR count). The molecule has 0 saturated heterocycles. The highest BCUT2D eigenvalue weighted by Gasteiger charge is 2.25. The Morgan fingerprint density at radius 3 is 2.53 bits per heavy atom. The molecule has 0 fully saturated rings. The first-order valence-corrected chi connectivity index (χ1v) is 5.23. The van der Waals surface area contributed by atoms with Gasteiger partial charge in [-0.2, -0.15) is 5.10 Å². The fourth-order valence-corrected chi connectivity index (χ4v) is 1.24. The maximum absolute atomic E-state index is 11.7. The lowest BCUT2D eigenvalue weighted by molar-refractivity contribution is -0.148. The third kappa shape index (κ3) is 3.30.